The Kier molecular flexibility index (Phi) is 5.08. The summed E-state index contributed by atoms with van der Waals surface area (Å²) < 4.78 is 0. The highest BCUT2D eigenvalue weighted by atomic mass is 35.5. The molecule has 0 radical (unpaired) electrons. The van der Waals surface area contributed by atoms with Crippen molar-refractivity contribution in [1.29, 1.82) is 0 Å². The van der Waals surface area contributed by atoms with E-state index >= 15 is 0 Å². The average molecular weight is 324 g/mol. The van der Waals surface area contributed by atoms with E-state index in [1.165, 1.54) is 6.42 Å². The third-order valence-corrected chi connectivity index (χ3v) is 4.86. The van der Waals surface area contributed by atoms with Gasteiger partial charge in [0.15, 0.2) is 0 Å². The first-order chi connectivity index (χ1) is 10.1. The molecule has 1 aromatic carbocycles. The lowest BCUT2D eigenvalue weighted by atomic mass is 9.78. The van der Waals surface area contributed by atoms with Gasteiger partial charge in [0.25, 0.3) is 5.91 Å². The Balaban J connectivity index is 0.00000176. The van der Waals surface area contributed by atoms with Crippen LogP contribution < -0.4 is 11.1 Å². The van der Waals surface area contributed by atoms with E-state index in [0.29, 0.717) is 16.5 Å². The van der Waals surface area contributed by atoms with Gasteiger partial charge in [-0.2, -0.15) is 0 Å². The Morgan fingerprint density at radius 1 is 1.05 bits per heavy atom. The van der Waals surface area contributed by atoms with E-state index in [1.807, 2.05) is 4.90 Å². The number of hydrogen-bond acceptors (Lipinski definition) is 3. The first kappa shape index (κ1) is 16.8. The lowest BCUT2D eigenvalue weighted by Gasteiger charge is -2.38. The highest BCUT2D eigenvalue weighted by molar-refractivity contribution is 5.97. The number of primary amides is 1. The highest BCUT2D eigenvalue weighted by Gasteiger charge is 2.38. The Morgan fingerprint density at radius 3 is 2.14 bits per heavy atom. The number of nitrogens with zero attached hydrogens (tertiary/aromatic N) is 1. The first-order valence-electron chi connectivity index (χ1n) is 7.50. The zero-order valence-electron chi connectivity index (χ0n) is 12.5. The number of carbonyl (C=O) groups excluding carboxylic acids is 2. The lowest BCUT2D eigenvalue weighted by molar-refractivity contribution is 0.0607. The number of hydrogen-bond donors (Lipinski definition) is 2. The van der Waals surface area contributed by atoms with Gasteiger partial charge < -0.3 is 16.0 Å². The quantitative estimate of drug-likeness (QED) is 0.864. The van der Waals surface area contributed by atoms with E-state index in [0.717, 1.165) is 39.0 Å². The summed E-state index contributed by atoms with van der Waals surface area (Å²) in [7, 11) is 0. The van der Waals surface area contributed by atoms with Gasteiger partial charge in [0, 0.05) is 30.8 Å². The van der Waals surface area contributed by atoms with Crippen molar-refractivity contribution in [3.05, 3.63) is 35.4 Å². The first-order valence-corrected chi connectivity index (χ1v) is 7.50. The number of benzene rings is 1. The van der Waals surface area contributed by atoms with Gasteiger partial charge in [-0.15, -0.1) is 12.4 Å². The number of likely N-dealkylation sites (tertiary alicyclic amines) is 1. The molecule has 1 aromatic rings. The molecule has 0 aliphatic carbocycles. The zero-order chi connectivity index (χ0) is 14.9. The Morgan fingerprint density at radius 2 is 1.64 bits per heavy atom. The summed E-state index contributed by atoms with van der Waals surface area (Å²) >= 11 is 0. The van der Waals surface area contributed by atoms with Gasteiger partial charge in [0.05, 0.1) is 0 Å². The van der Waals surface area contributed by atoms with E-state index in [9.17, 15) is 9.59 Å². The number of rotatable bonds is 2. The molecule has 3 N–H and O–H groups in total. The SMILES string of the molecule is Cl.NC(=O)c1ccc(C(=O)N2CCC3(CCNC3)CC2)cc1. The summed E-state index contributed by atoms with van der Waals surface area (Å²) in [5, 5.41) is 3.43. The molecule has 2 saturated heterocycles. The maximum atomic E-state index is 12.5. The Hall–Kier alpha value is -1.59. The fourth-order valence-electron chi connectivity index (χ4n) is 3.37. The number of halogens is 1. The van der Waals surface area contributed by atoms with Gasteiger partial charge in [-0.25, -0.2) is 0 Å². The van der Waals surface area contributed by atoms with E-state index in [1.54, 1.807) is 24.3 Å². The summed E-state index contributed by atoms with van der Waals surface area (Å²) in [6, 6.07) is 6.59. The second kappa shape index (κ2) is 6.67. The molecule has 1 spiro atoms. The molecule has 6 heteroatoms. The molecule has 0 aromatic heterocycles. The second-order valence-electron chi connectivity index (χ2n) is 6.16. The van der Waals surface area contributed by atoms with Gasteiger partial charge in [-0.1, -0.05) is 0 Å². The van der Waals surface area contributed by atoms with Crippen molar-refractivity contribution in [3.63, 3.8) is 0 Å². The van der Waals surface area contributed by atoms with Gasteiger partial charge in [0.1, 0.15) is 0 Å². The minimum Gasteiger partial charge on any atom is -0.366 e. The normalized spacial score (nSPS) is 19.7. The van der Waals surface area contributed by atoms with Crippen LogP contribution >= 0.6 is 12.4 Å². The van der Waals surface area contributed by atoms with Crippen LogP contribution in [0.25, 0.3) is 0 Å². The van der Waals surface area contributed by atoms with Crippen LogP contribution in [0.15, 0.2) is 24.3 Å². The van der Waals surface area contributed by atoms with E-state index < -0.39 is 5.91 Å². The summed E-state index contributed by atoms with van der Waals surface area (Å²) in [5.41, 5.74) is 6.68. The number of carbonyl (C=O) groups is 2. The molecule has 22 heavy (non-hydrogen) atoms. The summed E-state index contributed by atoms with van der Waals surface area (Å²) in [6.45, 7) is 3.82. The Labute approximate surface area is 136 Å². The Bertz CT molecular complexity index is 543. The zero-order valence-corrected chi connectivity index (χ0v) is 13.3. The number of nitrogens with one attached hydrogen (secondary N) is 1. The molecule has 2 heterocycles. The van der Waals surface area contributed by atoms with Gasteiger partial charge in [-0.05, 0) is 55.5 Å². The van der Waals surface area contributed by atoms with Crippen molar-refractivity contribution in [2.24, 2.45) is 11.1 Å². The minimum absolute atomic E-state index is 0. The van der Waals surface area contributed by atoms with Crippen molar-refractivity contribution < 1.29 is 9.59 Å². The average Bonchev–Trinajstić information content (AvgIpc) is 2.96. The van der Waals surface area contributed by atoms with E-state index in [2.05, 4.69) is 5.32 Å². The molecule has 5 nitrogen and oxygen atoms in total. The predicted octanol–water partition coefficient (Wildman–Crippen LogP) is 1.42. The second-order valence-corrected chi connectivity index (χ2v) is 6.16. The molecule has 2 fully saturated rings. The predicted molar refractivity (Wildman–Crippen MR) is 87.3 cm³/mol. The van der Waals surface area contributed by atoms with Crippen LogP contribution in [-0.4, -0.2) is 42.9 Å². The van der Waals surface area contributed by atoms with Crippen molar-refractivity contribution in [3.8, 4) is 0 Å². The molecule has 2 aliphatic heterocycles. The van der Waals surface area contributed by atoms with Crippen LogP contribution in [0.5, 0.6) is 0 Å². The fraction of sp³-hybridized carbons (Fsp3) is 0.500. The topological polar surface area (TPSA) is 75.4 Å². The standard InChI is InChI=1S/C16H21N3O2.ClH/c17-14(20)12-1-3-13(4-2-12)15(21)19-9-6-16(7-10-19)5-8-18-11-16;/h1-4,18H,5-11H2,(H2,17,20);1H. The number of piperidine rings is 1. The molecule has 2 aliphatic rings. The number of amides is 2. The lowest BCUT2D eigenvalue weighted by Crippen LogP contribution is -2.44. The van der Waals surface area contributed by atoms with Crippen LogP contribution in [-0.2, 0) is 0 Å². The monoisotopic (exact) mass is 323 g/mol. The van der Waals surface area contributed by atoms with Gasteiger partial charge in [0.2, 0.25) is 5.91 Å². The van der Waals surface area contributed by atoms with E-state index in [-0.39, 0.29) is 18.3 Å². The smallest absolute Gasteiger partial charge is 0.253 e. The van der Waals surface area contributed by atoms with Crippen LogP contribution in [0.2, 0.25) is 0 Å². The maximum absolute atomic E-state index is 12.5. The fourth-order valence-corrected chi connectivity index (χ4v) is 3.37. The molecule has 0 bridgehead atoms. The molecule has 0 unspecified atom stereocenters. The third-order valence-electron chi connectivity index (χ3n) is 4.86. The summed E-state index contributed by atoms with van der Waals surface area (Å²) in [4.78, 5) is 25.4. The molecule has 0 saturated carbocycles. The van der Waals surface area contributed by atoms with Crippen LogP contribution in [0.4, 0.5) is 0 Å². The highest BCUT2D eigenvalue weighted by Crippen LogP contribution is 2.37. The van der Waals surface area contributed by atoms with E-state index in [4.69, 9.17) is 5.73 Å². The summed E-state index contributed by atoms with van der Waals surface area (Å²) in [5.74, 6) is -0.422. The molecule has 0 atom stereocenters. The summed E-state index contributed by atoms with van der Waals surface area (Å²) in [6.07, 6.45) is 3.37. The van der Waals surface area contributed by atoms with Crippen molar-refractivity contribution >= 4 is 24.2 Å². The molecule has 120 valence electrons. The van der Waals surface area contributed by atoms with Crippen molar-refractivity contribution in [1.82, 2.24) is 10.2 Å². The minimum atomic E-state index is -0.470. The largest absolute Gasteiger partial charge is 0.366 e. The van der Waals surface area contributed by atoms with Gasteiger partial charge >= 0.3 is 0 Å². The van der Waals surface area contributed by atoms with Crippen molar-refractivity contribution in [2.45, 2.75) is 19.3 Å². The van der Waals surface area contributed by atoms with Crippen molar-refractivity contribution in [2.75, 3.05) is 26.2 Å². The van der Waals surface area contributed by atoms with Crippen LogP contribution in [0, 0.1) is 5.41 Å². The molecular weight excluding hydrogens is 302 g/mol. The maximum Gasteiger partial charge on any atom is 0.253 e. The molecular formula is C16H22ClN3O2. The van der Waals surface area contributed by atoms with Crippen LogP contribution in [0.1, 0.15) is 40.0 Å². The van der Waals surface area contributed by atoms with Gasteiger partial charge in [-0.3, -0.25) is 9.59 Å². The molecule has 3 rings (SSSR count). The number of nitrogens with two attached hydrogens (primary N) is 1. The molecule has 2 amide bonds. The van der Waals surface area contributed by atoms with Crippen LogP contribution in [0.3, 0.4) is 0 Å². The third kappa shape index (κ3) is 3.25.